The first-order valence-corrected chi connectivity index (χ1v) is 5.63. The van der Waals surface area contributed by atoms with Crippen LogP contribution in [0.1, 0.15) is 29.6 Å². The molecule has 2 rings (SSSR count). The van der Waals surface area contributed by atoms with Gasteiger partial charge >= 0.3 is 0 Å². The zero-order valence-electron chi connectivity index (χ0n) is 9.10. The van der Waals surface area contributed by atoms with Crippen molar-refractivity contribution in [3.8, 4) is 0 Å². The number of pyridine rings is 1. The smallest absolute Gasteiger partial charge is 0.251 e. The Hall–Kier alpha value is -1.42. The monoisotopic (exact) mass is 220 g/mol. The second-order valence-electron chi connectivity index (χ2n) is 4.19. The van der Waals surface area contributed by atoms with E-state index in [1.807, 2.05) is 0 Å². The molecule has 1 amide bonds. The fourth-order valence-corrected chi connectivity index (χ4v) is 2.20. The van der Waals surface area contributed by atoms with E-state index in [-0.39, 0.29) is 24.5 Å². The van der Waals surface area contributed by atoms with Gasteiger partial charge in [0, 0.05) is 36.5 Å². The average molecular weight is 220 g/mol. The zero-order valence-corrected chi connectivity index (χ0v) is 9.10. The number of hydrogen-bond acceptors (Lipinski definition) is 3. The Morgan fingerprint density at radius 3 is 2.88 bits per heavy atom. The summed E-state index contributed by atoms with van der Waals surface area (Å²) in [4.78, 5) is 15.7. The van der Waals surface area contributed by atoms with E-state index in [2.05, 4.69) is 10.3 Å². The second kappa shape index (κ2) is 5.07. The largest absolute Gasteiger partial charge is 0.396 e. The van der Waals surface area contributed by atoms with E-state index >= 15 is 0 Å². The lowest BCUT2D eigenvalue weighted by Crippen LogP contribution is -2.38. The maximum atomic E-state index is 11.8. The van der Waals surface area contributed by atoms with Crippen molar-refractivity contribution in [3.05, 3.63) is 30.1 Å². The summed E-state index contributed by atoms with van der Waals surface area (Å²) in [6, 6.07) is 3.50. The number of rotatable bonds is 3. The molecule has 16 heavy (non-hydrogen) atoms. The van der Waals surface area contributed by atoms with Crippen LogP contribution in [0.15, 0.2) is 24.5 Å². The number of nitrogens with zero attached hydrogens (tertiary/aromatic N) is 1. The maximum Gasteiger partial charge on any atom is 0.251 e. The number of carbonyl (C=O) groups excluding carboxylic acids is 1. The number of nitrogens with one attached hydrogen (secondary N) is 1. The van der Waals surface area contributed by atoms with Crippen molar-refractivity contribution in [1.29, 1.82) is 0 Å². The van der Waals surface area contributed by atoms with Gasteiger partial charge in [0.2, 0.25) is 0 Å². The molecule has 1 heterocycles. The highest BCUT2D eigenvalue weighted by Gasteiger charge is 2.27. The zero-order chi connectivity index (χ0) is 11.4. The average Bonchev–Trinajstić information content (AvgIpc) is 2.77. The van der Waals surface area contributed by atoms with Gasteiger partial charge in [0.25, 0.3) is 5.91 Å². The Kier molecular flexibility index (Phi) is 3.51. The molecule has 1 aliphatic carbocycles. The fraction of sp³-hybridized carbons (Fsp3) is 0.500. The normalized spacial score (nSPS) is 24.3. The highest BCUT2D eigenvalue weighted by atomic mass is 16.3. The Labute approximate surface area is 94.7 Å². The molecule has 2 unspecified atom stereocenters. The number of amides is 1. The van der Waals surface area contributed by atoms with E-state index in [1.165, 1.54) is 0 Å². The van der Waals surface area contributed by atoms with Crippen LogP contribution in [-0.2, 0) is 0 Å². The van der Waals surface area contributed by atoms with Crippen molar-refractivity contribution in [1.82, 2.24) is 10.3 Å². The van der Waals surface area contributed by atoms with E-state index < -0.39 is 0 Å². The van der Waals surface area contributed by atoms with Gasteiger partial charge in [-0.05, 0) is 25.0 Å². The van der Waals surface area contributed by atoms with Crippen molar-refractivity contribution < 1.29 is 9.90 Å². The van der Waals surface area contributed by atoms with Gasteiger partial charge in [-0.2, -0.15) is 0 Å². The minimum Gasteiger partial charge on any atom is -0.396 e. The molecule has 0 aliphatic heterocycles. The van der Waals surface area contributed by atoms with Crippen molar-refractivity contribution in [2.75, 3.05) is 6.61 Å². The summed E-state index contributed by atoms with van der Waals surface area (Å²) in [6.07, 6.45) is 6.24. The van der Waals surface area contributed by atoms with Crippen molar-refractivity contribution in [3.63, 3.8) is 0 Å². The molecule has 1 fully saturated rings. The summed E-state index contributed by atoms with van der Waals surface area (Å²) in [6.45, 7) is 0.154. The van der Waals surface area contributed by atoms with E-state index in [9.17, 15) is 4.79 Å². The molecule has 2 N–H and O–H groups in total. The lowest BCUT2D eigenvalue weighted by Gasteiger charge is -2.18. The van der Waals surface area contributed by atoms with Crippen LogP contribution in [0.3, 0.4) is 0 Å². The van der Waals surface area contributed by atoms with E-state index in [0.29, 0.717) is 5.56 Å². The number of carbonyl (C=O) groups is 1. The Balaban J connectivity index is 1.97. The van der Waals surface area contributed by atoms with Crippen LogP contribution in [0.4, 0.5) is 0 Å². The Morgan fingerprint density at radius 2 is 2.19 bits per heavy atom. The molecule has 0 saturated heterocycles. The summed E-state index contributed by atoms with van der Waals surface area (Å²) in [5.41, 5.74) is 0.624. The first kappa shape index (κ1) is 11.1. The number of hydrogen-bond donors (Lipinski definition) is 2. The molecule has 0 radical (unpaired) electrons. The molecule has 1 saturated carbocycles. The van der Waals surface area contributed by atoms with Crippen LogP contribution in [0.5, 0.6) is 0 Å². The molecule has 1 aliphatic rings. The molecule has 0 aromatic carbocycles. The molecule has 1 aromatic heterocycles. The molecule has 86 valence electrons. The van der Waals surface area contributed by atoms with Crippen LogP contribution in [0, 0.1) is 5.92 Å². The quantitative estimate of drug-likeness (QED) is 0.798. The molecule has 2 atom stereocenters. The van der Waals surface area contributed by atoms with Crippen molar-refractivity contribution in [2.24, 2.45) is 5.92 Å². The summed E-state index contributed by atoms with van der Waals surface area (Å²) in [5.74, 6) is 0.138. The second-order valence-corrected chi connectivity index (χ2v) is 4.19. The lowest BCUT2D eigenvalue weighted by molar-refractivity contribution is 0.0916. The number of aliphatic hydroxyl groups is 1. The maximum absolute atomic E-state index is 11.8. The molecule has 4 heteroatoms. The van der Waals surface area contributed by atoms with Gasteiger partial charge in [0.05, 0.1) is 0 Å². The number of aliphatic hydroxyl groups excluding tert-OH is 1. The van der Waals surface area contributed by atoms with Crippen molar-refractivity contribution >= 4 is 5.91 Å². The third-order valence-electron chi connectivity index (χ3n) is 3.15. The molecular formula is C12H16N2O2. The highest BCUT2D eigenvalue weighted by Crippen LogP contribution is 2.25. The predicted octanol–water partition coefficient (Wildman–Crippen LogP) is 0.972. The molecule has 0 spiro atoms. The predicted molar refractivity (Wildman–Crippen MR) is 59.9 cm³/mol. The molecule has 0 bridgehead atoms. The third kappa shape index (κ3) is 2.39. The lowest BCUT2D eigenvalue weighted by atomic mass is 10.0. The van der Waals surface area contributed by atoms with Gasteiger partial charge in [-0.1, -0.05) is 6.42 Å². The van der Waals surface area contributed by atoms with E-state index in [4.69, 9.17) is 5.11 Å². The summed E-state index contributed by atoms with van der Waals surface area (Å²) in [7, 11) is 0. The van der Waals surface area contributed by atoms with Crippen LogP contribution < -0.4 is 5.32 Å². The molecular weight excluding hydrogens is 204 g/mol. The van der Waals surface area contributed by atoms with E-state index in [1.54, 1.807) is 24.5 Å². The van der Waals surface area contributed by atoms with Gasteiger partial charge in [0.15, 0.2) is 0 Å². The van der Waals surface area contributed by atoms with Gasteiger partial charge in [0.1, 0.15) is 0 Å². The van der Waals surface area contributed by atoms with Gasteiger partial charge in [-0.25, -0.2) is 0 Å². The van der Waals surface area contributed by atoms with Crippen LogP contribution in [0.2, 0.25) is 0 Å². The minimum absolute atomic E-state index is 0.0762. The molecule has 1 aromatic rings. The van der Waals surface area contributed by atoms with Gasteiger partial charge in [-0.3, -0.25) is 9.78 Å². The minimum atomic E-state index is -0.0762. The summed E-state index contributed by atoms with van der Waals surface area (Å²) >= 11 is 0. The Bertz CT molecular complexity index is 353. The Morgan fingerprint density at radius 1 is 1.44 bits per heavy atom. The fourth-order valence-electron chi connectivity index (χ4n) is 2.20. The summed E-state index contributed by atoms with van der Waals surface area (Å²) in [5, 5.41) is 12.1. The number of aromatic nitrogens is 1. The van der Waals surface area contributed by atoms with Crippen LogP contribution in [0.25, 0.3) is 0 Å². The highest BCUT2D eigenvalue weighted by molar-refractivity contribution is 5.94. The van der Waals surface area contributed by atoms with Crippen LogP contribution >= 0.6 is 0 Å². The van der Waals surface area contributed by atoms with E-state index in [0.717, 1.165) is 19.3 Å². The molecule has 4 nitrogen and oxygen atoms in total. The topological polar surface area (TPSA) is 62.2 Å². The van der Waals surface area contributed by atoms with Gasteiger partial charge < -0.3 is 10.4 Å². The SMILES string of the molecule is O=C(NC1CCCC1CO)c1ccncc1. The van der Waals surface area contributed by atoms with Gasteiger partial charge in [-0.15, -0.1) is 0 Å². The van der Waals surface area contributed by atoms with Crippen molar-refractivity contribution in [2.45, 2.75) is 25.3 Å². The first-order chi connectivity index (χ1) is 7.81. The third-order valence-corrected chi connectivity index (χ3v) is 3.15. The standard InChI is InChI=1S/C12H16N2O2/c15-8-10-2-1-3-11(10)14-12(16)9-4-6-13-7-5-9/h4-7,10-11,15H,1-3,8H2,(H,14,16). The summed E-state index contributed by atoms with van der Waals surface area (Å²) < 4.78 is 0. The first-order valence-electron chi connectivity index (χ1n) is 5.63. The van der Waals surface area contributed by atoms with Crippen LogP contribution in [-0.4, -0.2) is 28.6 Å².